The van der Waals surface area contributed by atoms with E-state index in [-0.39, 0.29) is 12.1 Å². The van der Waals surface area contributed by atoms with Crippen molar-refractivity contribution in [3.63, 3.8) is 0 Å². The fourth-order valence-corrected chi connectivity index (χ4v) is 1.84. The van der Waals surface area contributed by atoms with Gasteiger partial charge in [0.15, 0.2) is 0 Å². The highest BCUT2D eigenvalue weighted by molar-refractivity contribution is 5.79. The van der Waals surface area contributed by atoms with Gasteiger partial charge in [0.2, 0.25) is 0 Å². The molecule has 19 heavy (non-hydrogen) atoms. The monoisotopic (exact) mass is 272 g/mol. The molecule has 0 aromatic heterocycles. The molecule has 1 heterocycles. The summed E-state index contributed by atoms with van der Waals surface area (Å²) in [6, 6.07) is -0.272. The molecule has 6 nitrogen and oxygen atoms in total. The average Bonchev–Trinajstić information content (AvgIpc) is 2.28. The molecule has 1 rings (SSSR count). The maximum atomic E-state index is 12.1. The van der Waals surface area contributed by atoms with E-state index in [0.717, 1.165) is 0 Å². The lowest BCUT2D eigenvalue weighted by Gasteiger charge is -2.41. The van der Waals surface area contributed by atoms with Crippen LogP contribution in [0.4, 0.5) is 4.79 Å². The second kappa shape index (κ2) is 5.36. The van der Waals surface area contributed by atoms with Crippen LogP contribution in [0.2, 0.25) is 0 Å². The Morgan fingerprint density at radius 2 is 1.63 bits per heavy atom. The molecule has 1 fully saturated rings. The van der Waals surface area contributed by atoms with Gasteiger partial charge in [-0.1, -0.05) is 0 Å². The minimum atomic E-state index is -1.07. The van der Waals surface area contributed by atoms with Gasteiger partial charge < -0.3 is 20.4 Å². The van der Waals surface area contributed by atoms with E-state index in [1.807, 2.05) is 0 Å². The lowest BCUT2D eigenvalue weighted by Crippen LogP contribution is -2.60. The number of urea groups is 1. The zero-order valence-corrected chi connectivity index (χ0v) is 12.1. The Balaban J connectivity index is 2.68. The minimum Gasteiger partial charge on any atom is -0.481 e. The first-order chi connectivity index (χ1) is 8.58. The standard InChI is InChI=1S/C13H24N2O4/c1-12(2,10(17)18)13(3,4)14-11(19)15-7-5-9(16)6-8-15/h9,16H,5-8H2,1-4H3,(H,14,19)(H,17,18). The molecule has 0 atom stereocenters. The third-order valence-corrected chi connectivity index (χ3v) is 4.27. The highest BCUT2D eigenvalue weighted by Gasteiger charge is 2.45. The predicted molar refractivity (Wildman–Crippen MR) is 70.8 cm³/mol. The molecule has 1 aliphatic rings. The Morgan fingerprint density at radius 1 is 1.16 bits per heavy atom. The molecule has 1 saturated heterocycles. The van der Waals surface area contributed by atoms with E-state index in [0.29, 0.717) is 25.9 Å². The quantitative estimate of drug-likeness (QED) is 0.716. The Hall–Kier alpha value is -1.30. The lowest BCUT2D eigenvalue weighted by atomic mass is 9.74. The third kappa shape index (κ3) is 3.37. The van der Waals surface area contributed by atoms with Crippen LogP contribution in [0.5, 0.6) is 0 Å². The van der Waals surface area contributed by atoms with Crippen LogP contribution < -0.4 is 5.32 Å². The maximum Gasteiger partial charge on any atom is 0.317 e. The SMILES string of the molecule is CC(C)(NC(=O)N1CCC(O)CC1)C(C)(C)C(=O)O. The summed E-state index contributed by atoms with van der Waals surface area (Å²) in [6.07, 6.45) is 0.791. The number of piperidine rings is 1. The summed E-state index contributed by atoms with van der Waals surface area (Å²) >= 11 is 0. The molecular formula is C13H24N2O4. The summed E-state index contributed by atoms with van der Waals surface area (Å²) in [4.78, 5) is 25.0. The fraction of sp³-hybridized carbons (Fsp3) is 0.846. The van der Waals surface area contributed by atoms with E-state index in [4.69, 9.17) is 0 Å². The number of hydrogen-bond acceptors (Lipinski definition) is 3. The topological polar surface area (TPSA) is 89.9 Å². The van der Waals surface area contributed by atoms with Crippen molar-refractivity contribution in [1.29, 1.82) is 0 Å². The molecule has 6 heteroatoms. The number of rotatable bonds is 3. The first kappa shape index (κ1) is 15.8. The summed E-state index contributed by atoms with van der Waals surface area (Å²) in [6.45, 7) is 7.59. The highest BCUT2D eigenvalue weighted by Crippen LogP contribution is 2.31. The molecule has 0 aromatic rings. The molecule has 3 N–H and O–H groups in total. The maximum absolute atomic E-state index is 12.1. The first-order valence-electron chi connectivity index (χ1n) is 6.56. The summed E-state index contributed by atoms with van der Waals surface area (Å²) in [5, 5.41) is 21.4. The van der Waals surface area contributed by atoms with Gasteiger partial charge in [0.05, 0.1) is 17.1 Å². The van der Waals surface area contributed by atoms with Crippen molar-refractivity contribution in [3.8, 4) is 0 Å². The van der Waals surface area contributed by atoms with Gasteiger partial charge in [-0.25, -0.2) is 4.79 Å². The van der Waals surface area contributed by atoms with E-state index in [1.54, 1.807) is 32.6 Å². The zero-order valence-electron chi connectivity index (χ0n) is 12.1. The molecule has 110 valence electrons. The van der Waals surface area contributed by atoms with Crippen molar-refractivity contribution < 1.29 is 19.8 Å². The smallest absolute Gasteiger partial charge is 0.317 e. The van der Waals surface area contributed by atoms with Crippen LogP contribution >= 0.6 is 0 Å². The van der Waals surface area contributed by atoms with Gasteiger partial charge in [0.1, 0.15) is 0 Å². The van der Waals surface area contributed by atoms with Crippen LogP contribution in [0.15, 0.2) is 0 Å². The van der Waals surface area contributed by atoms with E-state index >= 15 is 0 Å². The summed E-state index contributed by atoms with van der Waals surface area (Å²) in [7, 11) is 0. The number of carboxylic acid groups (broad SMARTS) is 1. The number of nitrogens with zero attached hydrogens (tertiary/aromatic N) is 1. The number of carbonyl (C=O) groups excluding carboxylic acids is 1. The number of aliphatic hydroxyl groups is 1. The van der Waals surface area contributed by atoms with E-state index in [1.165, 1.54) is 0 Å². The van der Waals surface area contributed by atoms with Crippen LogP contribution in [-0.4, -0.2) is 51.8 Å². The number of aliphatic carboxylic acids is 1. The second-order valence-corrected chi connectivity index (χ2v) is 6.20. The van der Waals surface area contributed by atoms with Gasteiger partial charge in [-0.05, 0) is 40.5 Å². The van der Waals surface area contributed by atoms with E-state index in [9.17, 15) is 19.8 Å². The number of nitrogens with one attached hydrogen (secondary N) is 1. The second-order valence-electron chi connectivity index (χ2n) is 6.20. The molecule has 0 bridgehead atoms. The Labute approximate surface area is 113 Å². The first-order valence-corrected chi connectivity index (χ1v) is 6.56. The molecule has 0 saturated carbocycles. The van der Waals surface area contributed by atoms with Crippen molar-refractivity contribution in [1.82, 2.24) is 10.2 Å². The number of aliphatic hydroxyl groups excluding tert-OH is 1. The number of amides is 2. The van der Waals surface area contributed by atoms with Gasteiger partial charge in [0, 0.05) is 13.1 Å². The fourth-order valence-electron chi connectivity index (χ4n) is 1.84. The van der Waals surface area contributed by atoms with Gasteiger partial charge in [-0.2, -0.15) is 0 Å². The van der Waals surface area contributed by atoms with Gasteiger partial charge in [-0.15, -0.1) is 0 Å². The Bertz CT molecular complexity index is 358. The van der Waals surface area contributed by atoms with Gasteiger partial charge in [0.25, 0.3) is 0 Å². The summed E-state index contributed by atoms with van der Waals surface area (Å²) in [5.74, 6) is -0.952. The molecular weight excluding hydrogens is 248 g/mol. The van der Waals surface area contributed by atoms with Gasteiger partial charge >= 0.3 is 12.0 Å². The van der Waals surface area contributed by atoms with Crippen LogP contribution in [0.3, 0.4) is 0 Å². The largest absolute Gasteiger partial charge is 0.481 e. The van der Waals surface area contributed by atoms with Crippen LogP contribution in [0.1, 0.15) is 40.5 Å². The Kier molecular flexibility index (Phi) is 4.45. The van der Waals surface area contributed by atoms with Crippen molar-refractivity contribution in [2.75, 3.05) is 13.1 Å². The normalized spacial score (nSPS) is 18.3. The zero-order chi connectivity index (χ0) is 14.8. The third-order valence-electron chi connectivity index (χ3n) is 4.27. The van der Waals surface area contributed by atoms with Crippen molar-refractivity contribution in [2.24, 2.45) is 5.41 Å². The van der Waals surface area contributed by atoms with Crippen molar-refractivity contribution in [2.45, 2.75) is 52.2 Å². The Morgan fingerprint density at radius 3 is 2.05 bits per heavy atom. The van der Waals surface area contributed by atoms with Gasteiger partial charge in [-0.3, -0.25) is 4.79 Å². The highest BCUT2D eigenvalue weighted by atomic mass is 16.4. The number of likely N-dealkylation sites (tertiary alicyclic amines) is 1. The average molecular weight is 272 g/mol. The molecule has 0 aromatic carbocycles. The van der Waals surface area contributed by atoms with E-state index in [2.05, 4.69) is 5.32 Å². The van der Waals surface area contributed by atoms with Crippen molar-refractivity contribution >= 4 is 12.0 Å². The lowest BCUT2D eigenvalue weighted by molar-refractivity contribution is -0.150. The summed E-state index contributed by atoms with van der Waals surface area (Å²) in [5.41, 5.74) is -1.94. The number of hydrogen-bond donors (Lipinski definition) is 3. The van der Waals surface area contributed by atoms with Crippen LogP contribution in [0.25, 0.3) is 0 Å². The molecule has 1 aliphatic heterocycles. The van der Waals surface area contributed by atoms with Crippen molar-refractivity contribution in [3.05, 3.63) is 0 Å². The predicted octanol–water partition coefficient (Wildman–Crippen LogP) is 1.04. The number of carbonyl (C=O) groups is 2. The molecule has 0 aliphatic carbocycles. The number of carboxylic acids is 1. The molecule has 2 amide bonds. The van der Waals surface area contributed by atoms with Crippen LogP contribution in [0, 0.1) is 5.41 Å². The molecule has 0 radical (unpaired) electrons. The molecule has 0 spiro atoms. The minimum absolute atomic E-state index is 0.272. The van der Waals surface area contributed by atoms with Crippen LogP contribution in [-0.2, 0) is 4.79 Å². The summed E-state index contributed by atoms with van der Waals surface area (Å²) < 4.78 is 0. The molecule has 0 unspecified atom stereocenters. The van der Waals surface area contributed by atoms with E-state index < -0.39 is 16.9 Å².